The Hall–Kier alpha value is -2.79. The maximum absolute atomic E-state index is 12.5. The van der Waals surface area contributed by atoms with Gasteiger partial charge in [-0.3, -0.25) is 24.6 Å². The van der Waals surface area contributed by atoms with E-state index in [0.717, 1.165) is 11.8 Å². The maximum atomic E-state index is 12.5. The van der Waals surface area contributed by atoms with Gasteiger partial charge in [-0.15, -0.1) is 0 Å². The van der Waals surface area contributed by atoms with Crippen LogP contribution in [-0.4, -0.2) is 48.2 Å². The van der Waals surface area contributed by atoms with Crippen molar-refractivity contribution < 1.29 is 29.5 Å². The van der Waals surface area contributed by atoms with Gasteiger partial charge in [0.05, 0.1) is 21.8 Å². The van der Waals surface area contributed by atoms with Crippen molar-refractivity contribution in [1.82, 2.24) is 4.90 Å². The molecule has 25 heavy (non-hydrogen) atoms. The van der Waals surface area contributed by atoms with Crippen molar-refractivity contribution >= 4 is 57.9 Å². The van der Waals surface area contributed by atoms with E-state index >= 15 is 0 Å². The number of carboxylic acids is 2. The van der Waals surface area contributed by atoms with E-state index < -0.39 is 35.2 Å². The Labute approximate surface area is 150 Å². The first-order valence-electron chi connectivity index (χ1n) is 6.67. The van der Waals surface area contributed by atoms with E-state index in [0.29, 0.717) is 4.90 Å². The van der Waals surface area contributed by atoms with Crippen LogP contribution in [0.4, 0.5) is 5.69 Å². The zero-order valence-electron chi connectivity index (χ0n) is 12.3. The summed E-state index contributed by atoms with van der Waals surface area (Å²) < 4.78 is -0.122. The fraction of sp³-hybridized carbons (Fsp3) is 0.143. The standard InChI is InChI=1S/C14H10N2O7S2/c17-11(18)6-9(13(20)21)15-12(19)10(25-14(15)24)5-7-3-1-2-4-8(7)16(22)23/h1-5,9H,6H2,(H,17,18)(H,20,21)/b10-5-. The number of nitro benzene ring substituents is 1. The molecule has 0 bridgehead atoms. The smallest absolute Gasteiger partial charge is 0.327 e. The molecule has 11 heteroatoms. The van der Waals surface area contributed by atoms with Gasteiger partial charge in [0.15, 0.2) is 0 Å². The molecule has 1 fully saturated rings. The Morgan fingerprint density at radius 3 is 2.56 bits per heavy atom. The van der Waals surface area contributed by atoms with Crippen LogP contribution < -0.4 is 0 Å². The number of carbonyl (C=O) groups is 3. The summed E-state index contributed by atoms with van der Waals surface area (Å²) in [6.07, 6.45) is 0.414. The Morgan fingerprint density at radius 1 is 1.36 bits per heavy atom. The van der Waals surface area contributed by atoms with E-state index in [9.17, 15) is 29.6 Å². The van der Waals surface area contributed by atoms with Crippen molar-refractivity contribution in [2.45, 2.75) is 12.5 Å². The number of thiocarbonyl (C=S) groups is 1. The number of carbonyl (C=O) groups excluding carboxylic acids is 1. The summed E-state index contributed by atoms with van der Waals surface area (Å²) >= 11 is 5.74. The van der Waals surface area contributed by atoms with Crippen LogP contribution in [0.2, 0.25) is 0 Å². The molecular weight excluding hydrogens is 372 g/mol. The van der Waals surface area contributed by atoms with Gasteiger partial charge >= 0.3 is 11.9 Å². The molecule has 0 aromatic heterocycles. The van der Waals surface area contributed by atoms with Gasteiger partial charge in [-0.05, 0) is 12.1 Å². The molecule has 0 radical (unpaired) electrons. The number of benzene rings is 1. The van der Waals surface area contributed by atoms with Crippen molar-refractivity contribution in [2.75, 3.05) is 0 Å². The van der Waals surface area contributed by atoms with Crippen LogP contribution in [0.1, 0.15) is 12.0 Å². The van der Waals surface area contributed by atoms with Crippen molar-refractivity contribution in [3.05, 3.63) is 44.8 Å². The Balaban J connectivity index is 2.40. The predicted molar refractivity (Wildman–Crippen MR) is 91.8 cm³/mol. The summed E-state index contributed by atoms with van der Waals surface area (Å²) in [7, 11) is 0. The average molecular weight is 382 g/mol. The van der Waals surface area contributed by atoms with Gasteiger partial charge in [-0.25, -0.2) is 4.79 Å². The Morgan fingerprint density at radius 2 is 2.00 bits per heavy atom. The lowest BCUT2D eigenvalue weighted by Gasteiger charge is -2.21. The molecule has 1 atom stereocenters. The molecule has 1 aliphatic heterocycles. The number of amides is 1. The fourth-order valence-electron chi connectivity index (χ4n) is 2.12. The van der Waals surface area contributed by atoms with Crippen LogP contribution >= 0.6 is 24.0 Å². The molecule has 1 heterocycles. The van der Waals surface area contributed by atoms with Crippen LogP contribution in [-0.2, 0) is 14.4 Å². The zero-order valence-corrected chi connectivity index (χ0v) is 14.0. The third kappa shape index (κ3) is 4.00. The summed E-state index contributed by atoms with van der Waals surface area (Å²) in [5.74, 6) is -3.71. The molecule has 1 aromatic rings. The van der Waals surface area contributed by atoms with Crippen molar-refractivity contribution in [1.29, 1.82) is 0 Å². The molecule has 1 amide bonds. The maximum Gasteiger partial charge on any atom is 0.327 e. The number of carboxylic acid groups (broad SMARTS) is 2. The third-order valence-corrected chi connectivity index (χ3v) is 4.54. The van der Waals surface area contributed by atoms with E-state index in [1.54, 1.807) is 6.07 Å². The summed E-state index contributed by atoms with van der Waals surface area (Å²) in [5, 5.41) is 29.0. The summed E-state index contributed by atoms with van der Waals surface area (Å²) in [4.78, 5) is 45.7. The molecule has 1 aliphatic rings. The number of thioether (sulfide) groups is 1. The topological polar surface area (TPSA) is 138 Å². The van der Waals surface area contributed by atoms with Crippen LogP contribution in [0.5, 0.6) is 0 Å². The molecule has 0 aliphatic carbocycles. The van der Waals surface area contributed by atoms with Crippen LogP contribution in [0.3, 0.4) is 0 Å². The van der Waals surface area contributed by atoms with E-state index in [1.165, 1.54) is 24.3 Å². The van der Waals surface area contributed by atoms with Crippen LogP contribution in [0, 0.1) is 10.1 Å². The largest absolute Gasteiger partial charge is 0.481 e. The van der Waals surface area contributed by atoms with Gasteiger partial charge in [-0.2, -0.15) is 0 Å². The molecule has 1 saturated heterocycles. The Bertz CT molecular complexity index is 821. The van der Waals surface area contributed by atoms with E-state index in [4.69, 9.17) is 17.3 Å². The highest BCUT2D eigenvalue weighted by atomic mass is 32.2. The second-order valence-corrected chi connectivity index (χ2v) is 6.50. The van der Waals surface area contributed by atoms with E-state index in [1.807, 2.05) is 0 Å². The molecule has 0 saturated carbocycles. The van der Waals surface area contributed by atoms with Gasteiger partial charge in [0.25, 0.3) is 11.6 Å². The lowest BCUT2D eigenvalue weighted by molar-refractivity contribution is -0.385. The SMILES string of the molecule is O=C(O)CC(C(=O)O)N1C(=O)/C(=C/c2ccccc2[N+](=O)[O-])SC1=S. The second kappa shape index (κ2) is 7.40. The summed E-state index contributed by atoms with van der Waals surface area (Å²) in [6, 6.07) is 4.05. The first kappa shape index (κ1) is 18.5. The average Bonchev–Trinajstić information content (AvgIpc) is 2.79. The van der Waals surface area contributed by atoms with Gasteiger partial charge < -0.3 is 10.2 Å². The molecule has 130 valence electrons. The van der Waals surface area contributed by atoms with Crippen LogP contribution in [0.15, 0.2) is 29.2 Å². The van der Waals surface area contributed by atoms with Crippen molar-refractivity contribution in [3.8, 4) is 0 Å². The molecule has 1 unspecified atom stereocenters. The number of para-hydroxylation sites is 1. The molecule has 2 rings (SSSR count). The number of hydrogen-bond donors (Lipinski definition) is 2. The third-order valence-electron chi connectivity index (χ3n) is 3.21. The first-order valence-corrected chi connectivity index (χ1v) is 7.90. The monoisotopic (exact) mass is 382 g/mol. The van der Waals surface area contributed by atoms with Crippen molar-refractivity contribution in [2.24, 2.45) is 0 Å². The minimum Gasteiger partial charge on any atom is -0.481 e. The highest BCUT2D eigenvalue weighted by molar-refractivity contribution is 8.26. The highest BCUT2D eigenvalue weighted by Gasteiger charge is 2.41. The first-order chi connectivity index (χ1) is 11.7. The van der Waals surface area contributed by atoms with E-state index in [-0.39, 0.29) is 20.5 Å². The number of hydrogen-bond acceptors (Lipinski definition) is 7. The van der Waals surface area contributed by atoms with Gasteiger partial charge in [0.1, 0.15) is 10.4 Å². The number of nitrogens with zero attached hydrogens (tertiary/aromatic N) is 2. The fourth-order valence-corrected chi connectivity index (χ4v) is 3.47. The minimum absolute atomic E-state index is 0.0176. The van der Waals surface area contributed by atoms with Crippen molar-refractivity contribution in [3.63, 3.8) is 0 Å². The van der Waals surface area contributed by atoms with Gasteiger partial charge in [-0.1, -0.05) is 36.1 Å². The molecular formula is C14H10N2O7S2. The predicted octanol–water partition coefficient (Wildman–Crippen LogP) is 1.72. The minimum atomic E-state index is -1.65. The summed E-state index contributed by atoms with van der Waals surface area (Å²) in [6.45, 7) is 0. The number of aliphatic carboxylic acids is 2. The highest BCUT2D eigenvalue weighted by Crippen LogP contribution is 2.35. The van der Waals surface area contributed by atoms with Gasteiger partial charge in [0.2, 0.25) is 0 Å². The summed E-state index contributed by atoms with van der Waals surface area (Å²) in [5.41, 5.74) is -0.0776. The molecule has 0 spiro atoms. The molecule has 9 nitrogen and oxygen atoms in total. The quantitative estimate of drug-likeness (QED) is 0.326. The number of nitro groups is 1. The lowest BCUT2D eigenvalue weighted by atomic mass is 10.1. The second-order valence-electron chi connectivity index (χ2n) is 4.82. The zero-order chi connectivity index (χ0) is 18.7. The molecule has 1 aromatic carbocycles. The molecule has 2 N–H and O–H groups in total. The van der Waals surface area contributed by atoms with E-state index in [2.05, 4.69) is 0 Å². The van der Waals surface area contributed by atoms with Gasteiger partial charge in [0, 0.05) is 6.07 Å². The Kier molecular flexibility index (Phi) is 5.49. The van der Waals surface area contributed by atoms with Crippen LogP contribution in [0.25, 0.3) is 6.08 Å². The number of rotatable bonds is 6. The lowest BCUT2D eigenvalue weighted by Crippen LogP contribution is -2.45. The normalized spacial score (nSPS) is 17.0.